The third-order valence-corrected chi connectivity index (χ3v) is 5.39. The van der Waals surface area contributed by atoms with Gasteiger partial charge in [-0.25, -0.2) is 4.79 Å². The first-order chi connectivity index (χ1) is 14.0. The Bertz CT molecular complexity index is 1050. The Morgan fingerprint density at radius 3 is 2.66 bits per heavy atom. The summed E-state index contributed by atoms with van der Waals surface area (Å²) in [6.07, 6.45) is 4.51. The molecular formula is C24H22O5. The molecule has 2 aromatic rings. The highest BCUT2D eigenvalue weighted by Gasteiger charge is 2.43. The van der Waals surface area contributed by atoms with Gasteiger partial charge >= 0.3 is 5.97 Å². The number of carbonyl (C=O) groups excluding carboxylic acids is 2. The van der Waals surface area contributed by atoms with Crippen LogP contribution in [0.4, 0.5) is 0 Å². The number of benzene rings is 1. The van der Waals surface area contributed by atoms with Gasteiger partial charge in [-0.15, -0.1) is 0 Å². The number of ketones is 1. The quantitative estimate of drug-likeness (QED) is 0.605. The van der Waals surface area contributed by atoms with Crippen LogP contribution in [0.1, 0.15) is 43.9 Å². The predicted molar refractivity (Wildman–Crippen MR) is 108 cm³/mol. The van der Waals surface area contributed by atoms with Crippen molar-refractivity contribution in [2.24, 2.45) is 0 Å². The smallest absolute Gasteiger partial charge is 0.335 e. The third kappa shape index (κ3) is 3.44. The minimum atomic E-state index is -0.550. The molecule has 0 saturated heterocycles. The van der Waals surface area contributed by atoms with Crippen molar-refractivity contribution in [1.82, 2.24) is 0 Å². The van der Waals surface area contributed by atoms with Gasteiger partial charge in [0.25, 0.3) is 0 Å². The first-order valence-electron chi connectivity index (χ1n) is 9.66. The Balaban J connectivity index is 1.75. The largest absolute Gasteiger partial charge is 0.508 e. The van der Waals surface area contributed by atoms with Crippen molar-refractivity contribution in [2.75, 3.05) is 6.61 Å². The zero-order chi connectivity index (χ0) is 20.5. The molecule has 0 bridgehead atoms. The Morgan fingerprint density at radius 1 is 1.24 bits per heavy atom. The highest BCUT2D eigenvalue weighted by molar-refractivity contribution is 6.17. The molecule has 1 heterocycles. The molecule has 0 spiro atoms. The van der Waals surface area contributed by atoms with E-state index < -0.39 is 11.9 Å². The van der Waals surface area contributed by atoms with Crippen LogP contribution in [0.15, 0.2) is 74.9 Å². The number of Topliss-reactive ketones (excluding diaryl/α,β-unsaturated/α-hetero) is 1. The summed E-state index contributed by atoms with van der Waals surface area (Å²) in [6, 6.07) is 10.3. The van der Waals surface area contributed by atoms with E-state index in [9.17, 15) is 14.7 Å². The highest BCUT2D eigenvalue weighted by Crippen LogP contribution is 2.48. The Hall–Kier alpha value is -3.34. The van der Waals surface area contributed by atoms with Gasteiger partial charge in [0.05, 0.1) is 24.4 Å². The molecule has 1 aromatic carbocycles. The standard InChI is InChI=1S/C24H22O5/c1-3-28-24(27)20-14(2)11-16-13-17(12-15-6-8-18(25)9-7-15)23(26)21(16)22(20)19-5-4-10-29-19/h4-10,12,22,25H,3,11,13H2,1-2H3. The molecule has 29 heavy (non-hydrogen) atoms. The molecule has 1 unspecified atom stereocenters. The van der Waals surface area contributed by atoms with Crippen LogP contribution >= 0.6 is 0 Å². The number of rotatable bonds is 4. The van der Waals surface area contributed by atoms with E-state index in [4.69, 9.17) is 9.15 Å². The van der Waals surface area contributed by atoms with Gasteiger partial charge in [0.15, 0.2) is 5.78 Å². The SMILES string of the molecule is CCOC(=O)C1=C(C)CC2=C(C(=O)C(=Cc3ccc(O)cc3)C2)C1c1ccco1. The lowest BCUT2D eigenvalue weighted by atomic mass is 9.77. The molecule has 1 atom stereocenters. The summed E-state index contributed by atoms with van der Waals surface area (Å²) in [6.45, 7) is 3.95. The average Bonchev–Trinajstić information content (AvgIpc) is 3.32. The number of phenolic OH excluding ortho intramolecular Hbond substituents is 1. The summed E-state index contributed by atoms with van der Waals surface area (Å²) in [5.74, 6) is -0.269. The molecule has 1 N–H and O–H groups in total. The molecule has 5 heteroatoms. The van der Waals surface area contributed by atoms with Crippen molar-refractivity contribution < 1.29 is 23.8 Å². The van der Waals surface area contributed by atoms with E-state index in [1.165, 1.54) is 0 Å². The van der Waals surface area contributed by atoms with Crippen molar-refractivity contribution in [2.45, 2.75) is 32.6 Å². The monoisotopic (exact) mass is 390 g/mol. The van der Waals surface area contributed by atoms with Crippen LogP contribution in [0.3, 0.4) is 0 Å². The van der Waals surface area contributed by atoms with E-state index >= 15 is 0 Å². The third-order valence-electron chi connectivity index (χ3n) is 5.39. The van der Waals surface area contributed by atoms with E-state index in [1.54, 1.807) is 49.6 Å². The van der Waals surface area contributed by atoms with Gasteiger partial charge in [-0.05, 0) is 62.6 Å². The first kappa shape index (κ1) is 19.0. The van der Waals surface area contributed by atoms with Crippen molar-refractivity contribution in [3.05, 3.63) is 81.9 Å². The fourth-order valence-electron chi connectivity index (χ4n) is 4.17. The van der Waals surface area contributed by atoms with E-state index in [2.05, 4.69) is 0 Å². The molecule has 2 aliphatic carbocycles. The second-order valence-corrected chi connectivity index (χ2v) is 7.32. The van der Waals surface area contributed by atoms with Crippen LogP contribution in [0.2, 0.25) is 0 Å². The van der Waals surface area contributed by atoms with E-state index in [0.29, 0.717) is 35.3 Å². The first-order valence-corrected chi connectivity index (χ1v) is 9.66. The van der Waals surface area contributed by atoms with E-state index in [1.807, 2.05) is 13.0 Å². The number of aromatic hydroxyl groups is 1. The number of hydrogen-bond donors (Lipinski definition) is 1. The predicted octanol–water partition coefficient (Wildman–Crippen LogP) is 4.71. The number of esters is 1. The topological polar surface area (TPSA) is 76.7 Å². The minimum absolute atomic E-state index is 0.0660. The fourth-order valence-corrected chi connectivity index (χ4v) is 4.17. The van der Waals surface area contributed by atoms with Crippen LogP contribution < -0.4 is 0 Å². The van der Waals surface area contributed by atoms with E-state index in [-0.39, 0.29) is 18.1 Å². The minimum Gasteiger partial charge on any atom is -0.508 e. The molecule has 4 rings (SSSR count). The summed E-state index contributed by atoms with van der Waals surface area (Å²) in [7, 11) is 0. The van der Waals surface area contributed by atoms with E-state index in [0.717, 1.165) is 16.7 Å². The number of hydrogen-bond acceptors (Lipinski definition) is 5. The molecule has 5 nitrogen and oxygen atoms in total. The second-order valence-electron chi connectivity index (χ2n) is 7.32. The van der Waals surface area contributed by atoms with Gasteiger partial charge in [-0.2, -0.15) is 0 Å². The van der Waals surface area contributed by atoms with Crippen LogP contribution in [0.5, 0.6) is 5.75 Å². The van der Waals surface area contributed by atoms with Gasteiger partial charge in [0, 0.05) is 11.1 Å². The molecule has 0 radical (unpaired) electrons. The van der Waals surface area contributed by atoms with Crippen LogP contribution in [-0.4, -0.2) is 23.5 Å². The summed E-state index contributed by atoms with van der Waals surface area (Å²) in [5, 5.41) is 9.48. The van der Waals surface area contributed by atoms with Crippen molar-refractivity contribution in [1.29, 1.82) is 0 Å². The Morgan fingerprint density at radius 2 is 2.00 bits per heavy atom. The number of allylic oxidation sites excluding steroid dienone is 4. The summed E-state index contributed by atoms with van der Waals surface area (Å²) in [4.78, 5) is 26.1. The molecule has 2 aliphatic rings. The number of phenols is 1. The molecule has 148 valence electrons. The fraction of sp³-hybridized carbons (Fsp3) is 0.250. The summed E-state index contributed by atoms with van der Waals surface area (Å²) >= 11 is 0. The van der Waals surface area contributed by atoms with Gasteiger partial charge in [0.1, 0.15) is 11.5 Å². The number of carbonyl (C=O) groups is 2. The molecule has 1 aromatic heterocycles. The molecule has 0 saturated carbocycles. The van der Waals surface area contributed by atoms with Crippen LogP contribution in [-0.2, 0) is 14.3 Å². The number of furan rings is 1. The Labute approximate surface area is 169 Å². The van der Waals surface area contributed by atoms with Gasteiger partial charge in [-0.1, -0.05) is 23.3 Å². The summed E-state index contributed by atoms with van der Waals surface area (Å²) in [5.41, 5.74) is 4.57. The average molecular weight is 390 g/mol. The zero-order valence-electron chi connectivity index (χ0n) is 16.4. The summed E-state index contributed by atoms with van der Waals surface area (Å²) < 4.78 is 10.9. The highest BCUT2D eigenvalue weighted by atomic mass is 16.5. The Kier molecular flexibility index (Phi) is 4.97. The normalized spacial score (nSPS) is 20.4. The zero-order valence-corrected chi connectivity index (χ0v) is 16.4. The molecule has 0 amide bonds. The van der Waals surface area contributed by atoms with Crippen molar-refractivity contribution in [3.63, 3.8) is 0 Å². The maximum atomic E-state index is 13.4. The molecule has 0 aliphatic heterocycles. The maximum Gasteiger partial charge on any atom is 0.335 e. The van der Waals surface area contributed by atoms with Crippen molar-refractivity contribution >= 4 is 17.8 Å². The lowest BCUT2D eigenvalue weighted by Crippen LogP contribution is -2.23. The van der Waals surface area contributed by atoms with Gasteiger partial charge in [-0.3, -0.25) is 4.79 Å². The molecule has 0 fully saturated rings. The van der Waals surface area contributed by atoms with Crippen LogP contribution in [0.25, 0.3) is 6.08 Å². The van der Waals surface area contributed by atoms with Gasteiger partial charge in [0.2, 0.25) is 0 Å². The lowest BCUT2D eigenvalue weighted by Gasteiger charge is -2.26. The second kappa shape index (κ2) is 7.59. The number of ether oxygens (including phenoxy) is 1. The molecular weight excluding hydrogens is 368 g/mol. The van der Waals surface area contributed by atoms with Crippen molar-refractivity contribution in [3.8, 4) is 5.75 Å². The van der Waals surface area contributed by atoms with Crippen LogP contribution in [0, 0.1) is 0 Å². The van der Waals surface area contributed by atoms with Gasteiger partial charge < -0.3 is 14.3 Å². The lowest BCUT2D eigenvalue weighted by molar-refractivity contribution is -0.138. The maximum absolute atomic E-state index is 13.4.